The normalized spacial score (nSPS) is 11.2. The van der Waals surface area contributed by atoms with Gasteiger partial charge in [0, 0.05) is 17.1 Å². The quantitative estimate of drug-likeness (QED) is 0.151. The van der Waals surface area contributed by atoms with Crippen molar-refractivity contribution in [3.8, 4) is 55.6 Å². The average Bonchev–Trinajstić information content (AvgIpc) is 3.30. The highest BCUT2D eigenvalue weighted by atomic mass is 15.1. The summed E-state index contributed by atoms with van der Waals surface area (Å²) in [6.07, 6.45) is 0. The van der Waals surface area contributed by atoms with Crippen molar-refractivity contribution >= 4 is 38.6 Å². The molecule has 57 heavy (non-hydrogen) atoms. The standard InChI is InChI=1S/C56H39N/c1-3-13-44(14-4-1)55-37-31-49(39-56(55)46-15-5-2-6-16-46)43-24-22-41(23-25-43)42-26-32-50(33-27-42)57(52-36-28-40-12-7-8-18-48(40)38-52)51-34-29-47(30-35-51)54-21-11-19-45-17-9-10-20-53(45)54/h1-39H. The van der Waals surface area contributed by atoms with Gasteiger partial charge in [-0.05, 0) is 120 Å². The van der Waals surface area contributed by atoms with E-state index in [1.54, 1.807) is 0 Å². The van der Waals surface area contributed by atoms with Gasteiger partial charge in [0.2, 0.25) is 0 Å². The lowest BCUT2D eigenvalue weighted by Gasteiger charge is -2.26. The van der Waals surface area contributed by atoms with Gasteiger partial charge < -0.3 is 4.90 Å². The highest BCUT2D eigenvalue weighted by Gasteiger charge is 2.15. The largest absolute Gasteiger partial charge is 0.310 e. The third-order valence-corrected chi connectivity index (χ3v) is 11.1. The monoisotopic (exact) mass is 725 g/mol. The van der Waals surface area contributed by atoms with Gasteiger partial charge in [0.15, 0.2) is 0 Å². The van der Waals surface area contributed by atoms with Gasteiger partial charge in [-0.25, -0.2) is 0 Å². The minimum atomic E-state index is 1.11. The van der Waals surface area contributed by atoms with E-state index in [4.69, 9.17) is 0 Å². The molecule has 0 amide bonds. The molecule has 0 fully saturated rings. The lowest BCUT2D eigenvalue weighted by atomic mass is 9.91. The van der Waals surface area contributed by atoms with E-state index in [0.717, 1.165) is 17.1 Å². The van der Waals surface area contributed by atoms with Crippen molar-refractivity contribution in [1.29, 1.82) is 0 Å². The third kappa shape index (κ3) is 6.77. The van der Waals surface area contributed by atoms with E-state index in [1.165, 1.54) is 77.2 Å². The highest BCUT2D eigenvalue weighted by Crippen LogP contribution is 2.40. The van der Waals surface area contributed by atoms with Crippen molar-refractivity contribution in [2.24, 2.45) is 0 Å². The molecule has 0 bridgehead atoms. The summed E-state index contributed by atoms with van der Waals surface area (Å²) in [5.74, 6) is 0. The minimum absolute atomic E-state index is 1.11. The van der Waals surface area contributed by atoms with Gasteiger partial charge in [-0.15, -0.1) is 0 Å². The highest BCUT2D eigenvalue weighted by molar-refractivity contribution is 5.97. The van der Waals surface area contributed by atoms with Gasteiger partial charge in [0.25, 0.3) is 0 Å². The molecule has 10 aromatic rings. The summed E-state index contributed by atoms with van der Waals surface area (Å²) in [6, 6.07) is 85.6. The first-order chi connectivity index (χ1) is 28.2. The fraction of sp³-hybridized carbons (Fsp3) is 0. The van der Waals surface area contributed by atoms with Crippen molar-refractivity contribution in [3.05, 3.63) is 237 Å². The van der Waals surface area contributed by atoms with Crippen molar-refractivity contribution in [1.82, 2.24) is 0 Å². The Labute approximate surface area is 334 Å². The molecule has 0 atom stereocenters. The Hall–Kier alpha value is -7.48. The van der Waals surface area contributed by atoms with Crippen LogP contribution in [0, 0.1) is 0 Å². The molecule has 0 aliphatic carbocycles. The molecule has 268 valence electrons. The van der Waals surface area contributed by atoms with Crippen molar-refractivity contribution < 1.29 is 0 Å². The number of nitrogens with zero attached hydrogens (tertiary/aromatic N) is 1. The number of rotatable bonds is 8. The first kappa shape index (κ1) is 34.0. The molecule has 10 aromatic carbocycles. The average molecular weight is 726 g/mol. The fourth-order valence-corrected chi connectivity index (χ4v) is 8.14. The number of benzene rings is 10. The molecular weight excluding hydrogens is 687 g/mol. The fourth-order valence-electron chi connectivity index (χ4n) is 8.14. The van der Waals surface area contributed by atoms with Crippen LogP contribution in [0.4, 0.5) is 17.1 Å². The summed E-state index contributed by atoms with van der Waals surface area (Å²) in [5, 5.41) is 4.96. The zero-order chi connectivity index (χ0) is 38.0. The Bertz CT molecular complexity index is 2960. The Balaban J connectivity index is 0.973. The summed E-state index contributed by atoms with van der Waals surface area (Å²) < 4.78 is 0. The van der Waals surface area contributed by atoms with Crippen LogP contribution in [-0.2, 0) is 0 Å². The molecule has 0 saturated heterocycles. The van der Waals surface area contributed by atoms with Gasteiger partial charge in [-0.2, -0.15) is 0 Å². The molecule has 0 saturated carbocycles. The van der Waals surface area contributed by atoms with E-state index < -0.39 is 0 Å². The van der Waals surface area contributed by atoms with E-state index in [0.29, 0.717) is 0 Å². The second-order valence-electron chi connectivity index (χ2n) is 14.6. The Morgan fingerprint density at radius 1 is 0.211 bits per heavy atom. The Kier molecular flexibility index (Phi) is 8.95. The second kappa shape index (κ2) is 15.0. The first-order valence-electron chi connectivity index (χ1n) is 19.6. The van der Waals surface area contributed by atoms with Crippen LogP contribution in [0.15, 0.2) is 237 Å². The zero-order valence-corrected chi connectivity index (χ0v) is 31.5. The molecule has 1 nitrogen and oxygen atoms in total. The summed E-state index contributed by atoms with van der Waals surface area (Å²) >= 11 is 0. The van der Waals surface area contributed by atoms with Crippen LogP contribution < -0.4 is 4.90 Å². The van der Waals surface area contributed by atoms with Crippen molar-refractivity contribution in [2.45, 2.75) is 0 Å². The van der Waals surface area contributed by atoms with Crippen LogP contribution in [0.5, 0.6) is 0 Å². The number of anilines is 3. The molecule has 0 radical (unpaired) electrons. The molecule has 1 heteroatoms. The summed E-state index contributed by atoms with van der Waals surface area (Å²) in [6.45, 7) is 0. The molecule has 0 aliphatic rings. The van der Waals surface area contributed by atoms with Crippen LogP contribution >= 0.6 is 0 Å². The third-order valence-electron chi connectivity index (χ3n) is 11.1. The zero-order valence-electron chi connectivity index (χ0n) is 31.5. The van der Waals surface area contributed by atoms with E-state index >= 15 is 0 Å². The lowest BCUT2D eigenvalue weighted by Crippen LogP contribution is -2.09. The predicted octanol–water partition coefficient (Wildman–Crippen LogP) is 15.8. The van der Waals surface area contributed by atoms with Crippen molar-refractivity contribution in [2.75, 3.05) is 4.90 Å². The molecule has 0 spiro atoms. The first-order valence-corrected chi connectivity index (χ1v) is 19.6. The van der Waals surface area contributed by atoms with Gasteiger partial charge in [0.05, 0.1) is 0 Å². The number of hydrogen-bond acceptors (Lipinski definition) is 1. The topological polar surface area (TPSA) is 3.24 Å². The van der Waals surface area contributed by atoms with Crippen LogP contribution in [0.3, 0.4) is 0 Å². The van der Waals surface area contributed by atoms with Gasteiger partial charge >= 0.3 is 0 Å². The second-order valence-corrected chi connectivity index (χ2v) is 14.6. The molecule has 0 N–H and O–H groups in total. The number of hydrogen-bond donors (Lipinski definition) is 0. The maximum absolute atomic E-state index is 2.36. The molecular formula is C56H39N. The van der Waals surface area contributed by atoms with E-state index in [2.05, 4.69) is 241 Å². The van der Waals surface area contributed by atoms with Crippen LogP contribution in [0.2, 0.25) is 0 Å². The Morgan fingerprint density at radius 3 is 1.33 bits per heavy atom. The van der Waals surface area contributed by atoms with E-state index in [1.807, 2.05) is 0 Å². The Morgan fingerprint density at radius 2 is 0.667 bits per heavy atom. The molecule has 0 aliphatic heterocycles. The maximum Gasteiger partial charge on any atom is 0.0468 e. The predicted molar refractivity (Wildman–Crippen MR) is 243 cm³/mol. The number of fused-ring (bicyclic) bond motifs is 2. The van der Waals surface area contributed by atoms with Gasteiger partial charge in [0.1, 0.15) is 0 Å². The molecule has 10 rings (SSSR count). The summed E-state index contributed by atoms with van der Waals surface area (Å²) in [7, 11) is 0. The van der Waals surface area contributed by atoms with Gasteiger partial charge in [-0.1, -0.05) is 194 Å². The van der Waals surface area contributed by atoms with Crippen LogP contribution in [0.1, 0.15) is 0 Å². The van der Waals surface area contributed by atoms with Gasteiger partial charge in [-0.3, -0.25) is 0 Å². The molecule has 0 unspecified atom stereocenters. The van der Waals surface area contributed by atoms with Crippen LogP contribution in [0.25, 0.3) is 77.2 Å². The maximum atomic E-state index is 2.36. The SMILES string of the molecule is c1ccc(-c2ccc(-c3ccc(-c4ccc(N(c5ccc(-c6cccc7ccccc67)cc5)c5ccc6ccccc6c5)cc4)cc3)cc2-c2ccccc2)cc1. The molecule has 0 aromatic heterocycles. The van der Waals surface area contributed by atoms with E-state index in [9.17, 15) is 0 Å². The lowest BCUT2D eigenvalue weighted by molar-refractivity contribution is 1.29. The van der Waals surface area contributed by atoms with Crippen LogP contribution in [-0.4, -0.2) is 0 Å². The molecule has 0 heterocycles. The van der Waals surface area contributed by atoms with Crippen molar-refractivity contribution in [3.63, 3.8) is 0 Å². The summed E-state index contributed by atoms with van der Waals surface area (Å²) in [5.41, 5.74) is 15.5. The summed E-state index contributed by atoms with van der Waals surface area (Å²) in [4.78, 5) is 2.36. The smallest absolute Gasteiger partial charge is 0.0468 e. The minimum Gasteiger partial charge on any atom is -0.310 e. The van der Waals surface area contributed by atoms with E-state index in [-0.39, 0.29) is 0 Å².